The second kappa shape index (κ2) is 7.45. The lowest BCUT2D eigenvalue weighted by Crippen LogP contribution is -2.00. The van der Waals surface area contributed by atoms with Crippen LogP contribution in [0.2, 0.25) is 0 Å². The van der Waals surface area contributed by atoms with E-state index >= 15 is 0 Å². The molecule has 0 fully saturated rings. The molecule has 0 aliphatic heterocycles. The molecule has 116 valence electrons. The summed E-state index contributed by atoms with van der Waals surface area (Å²) >= 11 is 0. The van der Waals surface area contributed by atoms with Crippen LogP contribution in [0.5, 0.6) is 5.75 Å². The summed E-state index contributed by atoms with van der Waals surface area (Å²) in [6.07, 6.45) is 0. The Labute approximate surface area is 135 Å². The molecule has 1 N–H and O–H groups in total. The maximum Gasteiger partial charge on any atom is 0.125 e. The minimum atomic E-state index is -0.236. The largest absolute Gasteiger partial charge is 0.489 e. The van der Waals surface area contributed by atoms with Gasteiger partial charge >= 0.3 is 0 Å². The third-order valence-corrected chi connectivity index (χ3v) is 3.49. The highest BCUT2D eigenvalue weighted by Crippen LogP contribution is 2.16. The molecule has 3 aromatic carbocycles. The first-order valence-corrected chi connectivity index (χ1v) is 7.55. The first-order chi connectivity index (χ1) is 11.3. The van der Waals surface area contributed by atoms with Gasteiger partial charge in [-0.2, -0.15) is 0 Å². The molecule has 0 amide bonds. The van der Waals surface area contributed by atoms with Crippen molar-refractivity contribution >= 4 is 5.69 Å². The lowest BCUT2D eigenvalue weighted by Gasteiger charge is -2.09. The zero-order valence-electron chi connectivity index (χ0n) is 12.7. The summed E-state index contributed by atoms with van der Waals surface area (Å²) in [4.78, 5) is 0. The van der Waals surface area contributed by atoms with E-state index in [1.807, 2.05) is 60.7 Å². The number of hydrogen-bond donors (Lipinski definition) is 1. The summed E-state index contributed by atoms with van der Waals surface area (Å²) in [5, 5.41) is 3.20. The molecule has 23 heavy (non-hydrogen) atoms. The second-order valence-electron chi connectivity index (χ2n) is 5.28. The van der Waals surface area contributed by atoms with Crippen molar-refractivity contribution < 1.29 is 9.13 Å². The van der Waals surface area contributed by atoms with Gasteiger partial charge in [0, 0.05) is 12.2 Å². The number of rotatable bonds is 6. The highest BCUT2D eigenvalue weighted by Gasteiger charge is 1.98. The van der Waals surface area contributed by atoms with Crippen molar-refractivity contribution in [1.82, 2.24) is 0 Å². The second-order valence-corrected chi connectivity index (χ2v) is 5.28. The minimum Gasteiger partial charge on any atom is -0.489 e. The molecule has 0 radical (unpaired) electrons. The van der Waals surface area contributed by atoms with E-state index in [0.29, 0.717) is 13.2 Å². The van der Waals surface area contributed by atoms with Gasteiger partial charge in [0.25, 0.3) is 0 Å². The van der Waals surface area contributed by atoms with Crippen LogP contribution in [0.25, 0.3) is 0 Å². The van der Waals surface area contributed by atoms with Crippen molar-refractivity contribution in [3.05, 3.63) is 95.8 Å². The van der Waals surface area contributed by atoms with E-state index in [9.17, 15) is 4.39 Å². The van der Waals surface area contributed by atoms with Crippen LogP contribution >= 0.6 is 0 Å². The Balaban J connectivity index is 1.52. The number of hydrogen-bond acceptors (Lipinski definition) is 2. The maximum absolute atomic E-state index is 13.1. The Kier molecular flexibility index (Phi) is 4.89. The van der Waals surface area contributed by atoms with Crippen molar-refractivity contribution in [2.45, 2.75) is 13.2 Å². The summed E-state index contributed by atoms with van der Waals surface area (Å²) < 4.78 is 18.9. The van der Waals surface area contributed by atoms with Gasteiger partial charge in [-0.3, -0.25) is 0 Å². The summed E-state index contributed by atoms with van der Waals surface area (Å²) in [6.45, 7) is 1.20. The molecule has 0 aliphatic carbocycles. The highest BCUT2D eigenvalue weighted by atomic mass is 19.1. The van der Waals surface area contributed by atoms with Crippen LogP contribution in [0, 0.1) is 5.82 Å². The monoisotopic (exact) mass is 307 g/mol. The average molecular weight is 307 g/mol. The van der Waals surface area contributed by atoms with E-state index in [4.69, 9.17) is 4.74 Å². The van der Waals surface area contributed by atoms with Crippen LogP contribution < -0.4 is 10.1 Å². The molecule has 0 bridgehead atoms. The van der Waals surface area contributed by atoms with E-state index in [0.717, 1.165) is 22.6 Å². The van der Waals surface area contributed by atoms with E-state index in [1.54, 1.807) is 6.07 Å². The summed E-state index contributed by atoms with van der Waals surface area (Å²) in [5.41, 5.74) is 3.03. The molecule has 0 heterocycles. The SMILES string of the molecule is Fc1cccc(NCc2ccc(OCc3ccccc3)cc2)c1. The molecule has 0 saturated heterocycles. The van der Waals surface area contributed by atoms with Gasteiger partial charge in [-0.15, -0.1) is 0 Å². The van der Waals surface area contributed by atoms with Crippen LogP contribution in [0.1, 0.15) is 11.1 Å². The number of halogens is 1. The van der Waals surface area contributed by atoms with Crippen molar-refractivity contribution in [3.63, 3.8) is 0 Å². The number of nitrogens with one attached hydrogen (secondary N) is 1. The van der Waals surface area contributed by atoms with Crippen molar-refractivity contribution in [2.75, 3.05) is 5.32 Å². The average Bonchev–Trinajstić information content (AvgIpc) is 2.60. The van der Waals surface area contributed by atoms with E-state index < -0.39 is 0 Å². The first-order valence-electron chi connectivity index (χ1n) is 7.55. The predicted molar refractivity (Wildman–Crippen MR) is 90.9 cm³/mol. The summed E-state index contributed by atoms with van der Waals surface area (Å²) in [7, 11) is 0. The molecule has 3 heteroatoms. The fourth-order valence-electron chi connectivity index (χ4n) is 2.25. The first kappa shape index (κ1) is 15.1. The molecule has 0 unspecified atom stereocenters. The van der Waals surface area contributed by atoms with E-state index in [2.05, 4.69) is 5.32 Å². The van der Waals surface area contributed by atoms with Gasteiger partial charge in [0.2, 0.25) is 0 Å². The fraction of sp³-hybridized carbons (Fsp3) is 0.100. The Morgan fingerprint density at radius 2 is 1.57 bits per heavy atom. The van der Waals surface area contributed by atoms with Gasteiger partial charge in [0.05, 0.1) is 0 Å². The molecular formula is C20H18FNO. The molecule has 3 rings (SSSR count). The van der Waals surface area contributed by atoms with Crippen molar-refractivity contribution in [1.29, 1.82) is 0 Å². The molecule has 2 nitrogen and oxygen atoms in total. The van der Waals surface area contributed by atoms with Crippen molar-refractivity contribution in [2.24, 2.45) is 0 Å². The van der Waals surface area contributed by atoms with Crippen LogP contribution in [-0.2, 0) is 13.2 Å². The van der Waals surface area contributed by atoms with E-state index in [-0.39, 0.29) is 5.82 Å². The lowest BCUT2D eigenvalue weighted by atomic mass is 10.2. The third-order valence-electron chi connectivity index (χ3n) is 3.49. The van der Waals surface area contributed by atoms with Crippen LogP contribution in [-0.4, -0.2) is 0 Å². The van der Waals surface area contributed by atoms with Crippen LogP contribution in [0.3, 0.4) is 0 Å². The normalized spacial score (nSPS) is 10.3. The van der Waals surface area contributed by atoms with Gasteiger partial charge < -0.3 is 10.1 Å². The molecule has 3 aromatic rings. The maximum atomic E-state index is 13.1. The number of ether oxygens (including phenoxy) is 1. The molecule has 0 aromatic heterocycles. The summed E-state index contributed by atoms with van der Waals surface area (Å²) in [5.74, 6) is 0.600. The smallest absolute Gasteiger partial charge is 0.125 e. The Hall–Kier alpha value is -2.81. The van der Waals surface area contributed by atoms with Crippen LogP contribution in [0.15, 0.2) is 78.9 Å². The number of anilines is 1. The molecule has 0 aliphatic rings. The minimum absolute atomic E-state index is 0.236. The molecule has 0 saturated carbocycles. The zero-order valence-corrected chi connectivity index (χ0v) is 12.7. The van der Waals surface area contributed by atoms with Gasteiger partial charge in [-0.05, 0) is 41.5 Å². The standard InChI is InChI=1S/C20H18FNO/c21-18-7-4-8-19(13-18)22-14-16-9-11-20(12-10-16)23-15-17-5-2-1-3-6-17/h1-13,22H,14-15H2. The quantitative estimate of drug-likeness (QED) is 0.690. The molecular weight excluding hydrogens is 289 g/mol. The lowest BCUT2D eigenvalue weighted by molar-refractivity contribution is 0.306. The van der Waals surface area contributed by atoms with E-state index in [1.165, 1.54) is 12.1 Å². The third kappa shape index (κ3) is 4.58. The molecule has 0 spiro atoms. The fourth-order valence-corrected chi connectivity index (χ4v) is 2.25. The van der Waals surface area contributed by atoms with Crippen LogP contribution in [0.4, 0.5) is 10.1 Å². The summed E-state index contributed by atoms with van der Waals surface area (Å²) in [6, 6.07) is 24.4. The predicted octanol–water partition coefficient (Wildman–Crippen LogP) is 5.02. The zero-order chi connectivity index (χ0) is 15.9. The number of benzene rings is 3. The Morgan fingerprint density at radius 3 is 2.30 bits per heavy atom. The van der Waals surface area contributed by atoms with Gasteiger partial charge in [0.15, 0.2) is 0 Å². The Bertz CT molecular complexity index is 741. The Morgan fingerprint density at radius 1 is 0.783 bits per heavy atom. The van der Waals surface area contributed by atoms with Crippen molar-refractivity contribution in [3.8, 4) is 5.75 Å². The van der Waals surface area contributed by atoms with Gasteiger partial charge in [0.1, 0.15) is 18.2 Å². The topological polar surface area (TPSA) is 21.3 Å². The highest BCUT2D eigenvalue weighted by molar-refractivity contribution is 5.44. The van der Waals surface area contributed by atoms with Gasteiger partial charge in [-0.25, -0.2) is 4.39 Å². The molecule has 0 atom stereocenters. The van der Waals surface area contributed by atoms with Gasteiger partial charge in [-0.1, -0.05) is 48.5 Å².